The first-order valence-electron chi connectivity index (χ1n) is 8.71. The minimum absolute atomic E-state index is 0.381. The SMILES string of the molecule is CCN(CC)C(C)CNC(=NC)NCc1ccc(S(C)(=O)=O)c(C)c1. The van der Waals surface area contributed by atoms with E-state index in [4.69, 9.17) is 0 Å². The van der Waals surface area contributed by atoms with Crippen molar-refractivity contribution >= 4 is 15.8 Å². The topological polar surface area (TPSA) is 73.8 Å². The number of aliphatic imine (C=N–C) groups is 1. The highest BCUT2D eigenvalue weighted by Crippen LogP contribution is 2.16. The van der Waals surface area contributed by atoms with Crippen LogP contribution in [0.4, 0.5) is 0 Å². The highest BCUT2D eigenvalue weighted by atomic mass is 32.2. The largest absolute Gasteiger partial charge is 0.355 e. The van der Waals surface area contributed by atoms with Gasteiger partial charge in [0.2, 0.25) is 0 Å². The van der Waals surface area contributed by atoms with Gasteiger partial charge < -0.3 is 10.6 Å². The third kappa shape index (κ3) is 6.66. The summed E-state index contributed by atoms with van der Waals surface area (Å²) >= 11 is 0. The molecule has 2 N–H and O–H groups in total. The fourth-order valence-corrected chi connectivity index (χ4v) is 3.82. The standard InChI is InChI=1S/C18H32N4O2S/c1-7-22(8-2)15(4)12-20-18(19-5)21-13-16-9-10-17(14(3)11-16)25(6,23)24/h9-11,15H,7-8,12-13H2,1-6H3,(H2,19,20,21). The molecule has 0 saturated carbocycles. The first-order chi connectivity index (χ1) is 11.7. The smallest absolute Gasteiger partial charge is 0.191 e. The van der Waals surface area contributed by atoms with E-state index >= 15 is 0 Å². The molecule has 0 saturated heterocycles. The molecule has 0 spiro atoms. The van der Waals surface area contributed by atoms with Gasteiger partial charge in [-0.25, -0.2) is 8.42 Å². The van der Waals surface area contributed by atoms with Crippen LogP contribution in [0.1, 0.15) is 31.9 Å². The van der Waals surface area contributed by atoms with Crippen molar-refractivity contribution in [2.24, 2.45) is 4.99 Å². The van der Waals surface area contributed by atoms with Crippen LogP contribution < -0.4 is 10.6 Å². The predicted octanol–water partition coefficient (Wildman–Crippen LogP) is 1.79. The Hall–Kier alpha value is -1.60. The molecule has 1 aromatic carbocycles. The third-order valence-corrected chi connectivity index (χ3v) is 5.58. The minimum Gasteiger partial charge on any atom is -0.355 e. The number of aryl methyl sites for hydroxylation is 1. The van der Waals surface area contributed by atoms with Crippen LogP contribution in [0.5, 0.6) is 0 Å². The number of nitrogens with one attached hydrogen (secondary N) is 2. The molecule has 1 unspecified atom stereocenters. The molecule has 0 aliphatic carbocycles. The average molecular weight is 369 g/mol. The molecule has 1 aromatic rings. The normalized spacial score (nSPS) is 13.8. The summed E-state index contributed by atoms with van der Waals surface area (Å²) in [6.45, 7) is 11.8. The van der Waals surface area contributed by atoms with E-state index in [1.807, 2.05) is 19.1 Å². The maximum Gasteiger partial charge on any atom is 0.191 e. The van der Waals surface area contributed by atoms with E-state index in [0.29, 0.717) is 17.5 Å². The Kier molecular flexibility index (Phi) is 8.38. The predicted molar refractivity (Wildman–Crippen MR) is 105 cm³/mol. The van der Waals surface area contributed by atoms with Crippen LogP contribution in [0.3, 0.4) is 0 Å². The number of rotatable bonds is 8. The second-order valence-corrected chi connectivity index (χ2v) is 8.23. The van der Waals surface area contributed by atoms with E-state index in [0.717, 1.165) is 36.7 Å². The molecule has 0 heterocycles. The summed E-state index contributed by atoms with van der Waals surface area (Å²) < 4.78 is 23.4. The fourth-order valence-electron chi connectivity index (χ4n) is 2.86. The van der Waals surface area contributed by atoms with Gasteiger partial charge in [-0.05, 0) is 44.1 Å². The number of likely N-dealkylation sites (N-methyl/N-ethyl adjacent to an activating group) is 1. The van der Waals surface area contributed by atoms with Crippen LogP contribution in [0.15, 0.2) is 28.1 Å². The molecule has 0 amide bonds. The second kappa shape index (κ2) is 9.77. The molecule has 0 aliphatic rings. The summed E-state index contributed by atoms with van der Waals surface area (Å²) in [7, 11) is -1.43. The zero-order chi connectivity index (χ0) is 19.0. The van der Waals surface area contributed by atoms with Gasteiger partial charge in [0.15, 0.2) is 15.8 Å². The van der Waals surface area contributed by atoms with Crippen molar-refractivity contribution in [1.29, 1.82) is 0 Å². The van der Waals surface area contributed by atoms with Crippen LogP contribution in [0.2, 0.25) is 0 Å². The number of guanidine groups is 1. The molecule has 142 valence electrons. The number of hydrogen-bond acceptors (Lipinski definition) is 4. The molecular weight excluding hydrogens is 336 g/mol. The lowest BCUT2D eigenvalue weighted by molar-refractivity contribution is 0.231. The van der Waals surface area contributed by atoms with Crippen LogP contribution in [-0.4, -0.2) is 58.3 Å². The lowest BCUT2D eigenvalue weighted by Gasteiger charge is -2.27. The molecule has 0 bridgehead atoms. The molecule has 0 aliphatic heterocycles. The first-order valence-corrected chi connectivity index (χ1v) is 10.6. The lowest BCUT2D eigenvalue weighted by atomic mass is 10.1. The monoisotopic (exact) mass is 368 g/mol. The van der Waals surface area contributed by atoms with E-state index < -0.39 is 9.84 Å². The summed E-state index contributed by atoms with van der Waals surface area (Å²) in [6.07, 6.45) is 1.23. The summed E-state index contributed by atoms with van der Waals surface area (Å²) in [5.74, 6) is 0.740. The fraction of sp³-hybridized carbons (Fsp3) is 0.611. The summed E-state index contributed by atoms with van der Waals surface area (Å²) in [6, 6.07) is 5.82. The summed E-state index contributed by atoms with van der Waals surface area (Å²) in [5, 5.41) is 6.61. The highest BCUT2D eigenvalue weighted by Gasteiger charge is 2.12. The molecule has 0 aromatic heterocycles. The number of nitrogens with zero attached hydrogens (tertiary/aromatic N) is 2. The Morgan fingerprint density at radius 2 is 1.88 bits per heavy atom. The van der Waals surface area contributed by atoms with Gasteiger partial charge in [0, 0.05) is 32.4 Å². The van der Waals surface area contributed by atoms with Gasteiger partial charge in [-0.1, -0.05) is 26.0 Å². The zero-order valence-corrected chi connectivity index (χ0v) is 17.1. The van der Waals surface area contributed by atoms with Gasteiger partial charge >= 0.3 is 0 Å². The molecule has 1 atom stereocenters. The van der Waals surface area contributed by atoms with Crippen molar-refractivity contribution in [3.63, 3.8) is 0 Å². The maximum atomic E-state index is 11.7. The Labute approximate surface area is 152 Å². The number of benzene rings is 1. The summed E-state index contributed by atoms with van der Waals surface area (Å²) in [4.78, 5) is 7.01. The van der Waals surface area contributed by atoms with E-state index in [-0.39, 0.29) is 0 Å². The van der Waals surface area contributed by atoms with Crippen molar-refractivity contribution in [2.45, 2.75) is 45.2 Å². The van der Waals surface area contributed by atoms with Gasteiger partial charge in [-0.2, -0.15) is 0 Å². The molecule has 0 fully saturated rings. The van der Waals surface area contributed by atoms with Crippen LogP contribution in [-0.2, 0) is 16.4 Å². The second-order valence-electron chi connectivity index (χ2n) is 6.25. The van der Waals surface area contributed by atoms with Crippen molar-refractivity contribution in [2.75, 3.05) is 32.9 Å². The van der Waals surface area contributed by atoms with E-state index in [9.17, 15) is 8.42 Å². The van der Waals surface area contributed by atoms with Gasteiger partial charge in [-0.15, -0.1) is 0 Å². The van der Waals surface area contributed by atoms with Gasteiger partial charge in [0.25, 0.3) is 0 Å². The number of sulfone groups is 1. The van der Waals surface area contributed by atoms with Crippen LogP contribution in [0, 0.1) is 6.92 Å². The van der Waals surface area contributed by atoms with Crippen LogP contribution in [0.25, 0.3) is 0 Å². The molecule has 7 heteroatoms. The molecule has 25 heavy (non-hydrogen) atoms. The number of hydrogen-bond donors (Lipinski definition) is 2. The van der Waals surface area contributed by atoms with Gasteiger partial charge in [-0.3, -0.25) is 9.89 Å². The Morgan fingerprint density at radius 3 is 2.36 bits per heavy atom. The summed E-state index contributed by atoms with van der Waals surface area (Å²) in [5.41, 5.74) is 1.78. The molecule has 1 rings (SSSR count). The maximum absolute atomic E-state index is 11.7. The molecular formula is C18H32N4O2S. The molecule has 6 nitrogen and oxygen atoms in total. The zero-order valence-electron chi connectivity index (χ0n) is 16.3. The van der Waals surface area contributed by atoms with E-state index in [1.54, 1.807) is 13.1 Å². The third-order valence-electron chi connectivity index (χ3n) is 4.32. The lowest BCUT2D eigenvalue weighted by Crippen LogP contribution is -2.45. The average Bonchev–Trinajstić information content (AvgIpc) is 2.55. The van der Waals surface area contributed by atoms with E-state index in [1.165, 1.54) is 6.26 Å². The molecule has 0 radical (unpaired) electrons. The quantitative estimate of drug-likeness (QED) is 0.541. The Morgan fingerprint density at radius 1 is 1.24 bits per heavy atom. The van der Waals surface area contributed by atoms with Gasteiger partial charge in [0.05, 0.1) is 4.90 Å². The van der Waals surface area contributed by atoms with Crippen molar-refractivity contribution < 1.29 is 8.42 Å². The van der Waals surface area contributed by atoms with Crippen molar-refractivity contribution in [3.05, 3.63) is 29.3 Å². The van der Waals surface area contributed by atoms with Crippen LogP contribution >= 0.6 is 0 Å². The van der Waals surface area contributed by atoms with Gasteiger partial charge in [0.1, 0.15) is 0 Å². The first kappa shape index (κ1) is 21.4. The highest BCUT2D eigenvalue weighted by molar-refractivity contribution is 7.90. The Balaban J connectivity index is 2.62. The minimum atomic E-state index is -3.18. The van der Waals surface area contributed by atoms with Crippen molar-refractivity contribution in [3.8, 4) is 0 Å². The Bertz CT molecular complexity index is 682. The van der Waals surface area contributed by atoms with E-state index in [2.05, 4.69) is 41.3 Å². The van der Waals surface area contributed by atoms with Crippen molar-refractivity contribution in [1.82, 2.24) is 15.5 Å².